The van der Waals surface area contributed by atoms with Crippen molar-refractivity contribution in [3.63, 3.8) is 0 Å². The van der Waals surface area contributed by atoms with E-state index in [1.165, 1.54) is 37.7 Å². The molecular weight excluding hydrogens is 350 g/mol. The third-order valence-electron chi connectivity index (χ3n) is 5.95. The van der Waals surface area contributed by atoms with Crippen LogP contribution >= 0.6 is 0 Å². The predicted molar refractivity (Wildman–Crippen MR) is 116 cm³/mol. The first-order valence-electron chi connectivity index (χ1n) is 10.9. The number of anilines is 1. The summed E-state index contributed by atoms with van der Waals surface area (Å²) < 4.78 is 5.63. The molecule has 6 nitrogen and oxygen atoms in total. The molecule has 6 heteroatoms. The molecule has 0 aromatic carbocycles. The summed E-state index contributed by atoms with van der Waals surface area (Å²) >= 11 is 0. The van der Waals surface area contributed by atoms with Crippen molar-refractivity contribution in [1.29, 1.82) is 0 Å². The van der Waals surface area contributed by atoms with E-state index in [0.29, 0.717) is 0 Å². The van der Waals surface area contributed by atoms with E-state index in [0.717, 1.165) is 56.4 Å². The van der Waals surface area contributed by atoms with Crippen LogP contribution in [0.1, 0.15) is 51.5 Å². The minimum absolute atomic E-state index is 0.257. The lowest BCUT2D eigenvalue weighted by Crippen LogP contribution is -2.41. The third kappa shape index (κ3) is 6.36. The number of nitrogens with one attached hydrogen (secondary N) is 2. The van der Waals surface area contributed by atoms with E-state index in [9.17, 15) is 0 Å². The van der Waals surface area contributed by atoms with E-state index in [-0.39, 0.29) is 6.10 Å². The summed E-state index contributed by atoms with van der Waals surface area (Å²) in [5.41, 5.74) is 1.22. The summed E-state index contributed by atoms with van der Waals surface area (Å²) in [6.45, 7) is 8.80. The summed E-state index contributed by atoms with van der Waals surface area (Å²) in [5, 5.41) is 6.92. The zero-order valence-corrected chi connectivity index (χ0v) is 17.8. The normalized spacial score (nSPS) is 26.2. The van der Waals surface area contributed by atoms with Gasteiger partial charge in [-0.3, -0.25) is 4.99 Å². The topological polar surface area (TPSA) is 61.8 Å². The van der Waals surface area contributed by atoms with Crippen molar-refractivity contribution in [1.82, 2.24) is 15.6 Å². The average molecular weight is 388 g/mol. The Labute approximate surface area is 170 Å². The van der Waals surface area contributed by atoms with Crippen LogP contribution in [0.4, 0.5) is 5.82 Å². The van der Waals surface area contributed by atoms with Crippen molar-refractivity contribution in [2.75, 3.05) is 38.2 Å². The number of guanidine groups is 1. The Morgan fingerprint density at radius 3 is 3.00 bits per heavy atom. The first-order valence-corrected chi connectivity index (χ1v) is 10.9. The van der Waals surface area contributed by atoms with E-state index in [1.807, 2.05) is 13.2 Å². The second kappa shape index (κ2) is 10.6. The summed E-state index contributed by atoms with van der Waals surface area (Å²) in [5.74, 6) is 3.67. The Kier molecular flexibility index (Phi) is 7.95. The second-order valence-corrected chi connectivity index (χ2v) is 8.43. The van der Waals surface area contributed by atoms with Gasteiger partial charge in [0, 0.05) is 39.4 Å². The first-order chi connectivity index (χ1) is 13.6. The Bertz CT molecular complexity index is 635. The van der Waals surface area contributed by atoms with Gasteiger partial charge in [0.1, 0.15) is 5.82 Å². The quantitative estimate of drug-likeness (QED) is 0.580. The number of aliphatic imine (C=N–C) groups is 1. The fourth-order valence-electron chi connectivity index (χ4n) is 4.39. The van der Waals surface area contributed by atoms with Gasteiger partial charge in [-0.05, 0) is 49.3 Å². The number of aromatic nitrogens is 1. The fourth-order valence-corrected chi connectivity index (χ4v) is 4.39. The lowest BCUT2D eigenvalue weighted by atomic mass is 9.81. The molecule has 3 atom stereocenters. The molecule has 0 spiro atoms. The molecule has 28 heavy (non-hydrogen) atoms. The Morgan fingerprint density at radius 1 is 1.32 bits per heavy atom. The Balaban J connectivity index is 1.44. The SMILES string of the molecule is CN=C(NCCC1CCCC(C)C1)NCc1ccnc(N2CCOC(C)C2)c1. The molecule has 0 radical (unpaired) electrons. The largest absolute Gasteiger partial charge is 0.375 e. The molecule has 1 aliphatic carbocycles. The summed E-state index contributed by atoms with van der Waals surface area (Å²) in [6, 6.07) is 4.23. The summed E-state index contributed by atoms with van der Waals surface area (Å²) in [7, 11) is 1.84. The number of rotatable bonds is 6. The van der Waals surface area contributed by atoms with Gasteiger partial charge in [-0.1, -0.05) is 26.2 Å². The van der Waals surface area contributed by atoms with E-state index < -0.39 is 0 Å². The second-order valence-electron chi connectivity index (χ2n) is 8.43. The van der Waals surface area contributed by atoms with Crippen LogP contribution in [0.25, 0.3) is 0 Å². The van der Waals surface area contributed by atoms with Crippen LogP contribution in [0, 0.1) is 11.8 Å². The smallest absolute Gasteiger partial charge is 0.191 e. The first kappa shape index (κ1) is 20.9. The molecule has 1 aromatic rings. The zero-order chi connectivity index (χ0) is 19.8. The number of hydrogen-bond donors (Lipinski definition) is 2. The number of pyridine rings is 1. The minimum Gasteiger partial charge on any atom is -0.375 e. The van der Waals surface area contributed by atoms with Gasteiger partial charge in [0.15, 0.2) is 5.96 Å². The molecule has 1 aromatic heterocycles. The summed E-state index contributed by atoms with van der Waals surface area (Å²) in [4.78, 5) is 11.2. The highest BCUT2D eigenvalue weighted by molar-refractivity contribution is 5.79. The maximum atomic E-state index is 5.63. The zero-order valence-electron chi connectivity index (χ0n) is 17.8. The molecule has 1 saturated carbocycles. The average Bonchev–Trinajstić information content (AvgIpc) is 2.71. The van der Waals surface area contributed by atoms with Crippen LogP contribution in [0.15, 0.2) is 23.3 Å². The fraction of sp³-hybridized carbons (Fsp3) is 0.727. The molecular formula is C22H37N5O. The van der Waals surface area contributed by atoms with Gasteiger partial charge < -0.3 is 20.3 Å². The molecule has 2 aliphatic rings. The molecule has 0 amide bonds. The minimum atomic E-state index is 0.257. The Morgan fingerprint density at radius 2 is 2.21 bits per heavy atom. The molecule has 2 heterocycles. The maximum Gasteiger partial charge on any atom is 0.191 e. The van der Waals surface area contributed by atoms with Crippen LogP contribution < -0.4 is 15.5 Å². The molecule has 3 rings (SSSR count). The van der Waals surface area contributed by atoms with Gasteiger partial charge in [0.25, 0.3) is 0 Å². The van der Waals surface area contributed by atoms with E-state index in [2.05, 4.69) is 51.5 Å². The molecule has 1 aliphatic heterocycles. The van der Waals surface area contributed by atoms with E-state index >= 15 is 0 Å². The van der Waals surface area contributed by atoms with Gasteiger partial charge in [-0.15, -0.1) is 0 Å². The molecule has 2 N–H and O–H groups in total. The Hall–Kier alpha value is -1.82. The van der Waals surface area contributed by atoms with Crippen molar-refractivity contribution in [2.24, 2.45) is 16.8 Å². The third-order valence-corrected chi connectivity index (χ3v) is 5.95. The predicted octanol–water partition coefficient (Wildman–Crippen LogP) is 3.19. The highest BCUT2D eigenvalue weighted by Crippen LogP contribution is 2.30. The highest BCUT2D eigenvalue weighted by Gasteiger charge is 2.19. The number of nitrogens with zero attached hydrogens (tertiary/aromatic N) is 3. The standard InChI is InChI=1S/C22H37N5O/c1-17-5-4-6-19(13-17)7-10-25-22(23-3)26-15-20-8-9-24-21(14-20)27-11-12-28-18(2)16-27/h8-9,14,17-19H,4-7,10-13,15-16H2,1-3H3,(H2,23,25,26). The highest BCUT2D eigenvalue weighted by atomic mass is 16.5. The van der Waals surface area contributed by atoms with E-state index in [4.69, 9.17) is 4.74 Å². The van der Waals surface area contributed by atoms with Crippen LogP contribution in [-0.4, -0.2) is 50.3 Å². The summed E-state index contributed by atoms with van der Waals surface area (Å²) in [6.07, 6.45) is 8.96. The molecule has 1 saturated heterocycles. The lowest BCUT2D eigenvalue weighted by Gasteiger charge is -2.32. The number of ether oxygens (including phenoxy) is 1. The number of morpholine rings is 1. The molecule has 2 fully saturated rings. The van der Waals surface area contributed by atoms with Crippen LogP contribution in [-0.2, 0) is 11.3 Å². The van der Waals surface area contributed by atoms with Gasteiger partial charge in [0.05, 0.1) is 12.7 Å². The van der Waals surface area contributed by atoms with Crippen molar-refractivity contribution >= 4 is 11.8 Å². The molecule has 3 unspecified atom stereocenters. The van der Waals surface area contributed by atoms with E-state index in [1.54, 1.807) is 0 Å². The monoisotopic (exact) mass is 387 g/mol. The van der Waals surface area contributed by atoms with Crippen molar-refractivity contribution < 1.29 is 4.74 Å². The molecule has 156 valence electrons. The maximum absolute atomic E-state index is 5.63. The van der Waals surface area contributed by atoms with Crippen LogP contribution in [0.5, 0.6) is 0 Å². The van der Waals surface area contributed by atoms with Gasteiger partial charge in [-0.25, -0.2) is 4.98 Å². The van der Waals surface area contributed by atoms with Crippen molar-refractivity contribution in [3.8, 4) is 0 Å². The molecule has 0 bridgehead atoms. The van der Waals surface area contributed by atoms with Gasteiger partial charge >= 0.3 is 0 Å². The lowest BCUT2D eigenvalue weighted by molar-refractivity contribution is 0.0529. The van der Waals surface area contributed by atoms with Crippen molar-refractivity contribution in [3.05, 3.63) is 23.9 Å². The number of hydrogen-bond acceptors (Lipinski definition) is 4. The van der Waals surface area contributed by atoms with Crippen molar-refractivity contribution in [2.45, 2.75) is 58.6 Å². The van der Waals surface area contributed by atoms with Gasteiger partial charge in [-0.2, -0.15) is 0 Å². The van der Waals surface area contributed by atoms with Crippen LogP contribution in [0.3, 0.4) is 0 Å². The van der Waals surface area contributed by atoms with Crippen LogP contribution in [0.2, 0.25) is 0 Å². The van der Waals surface area contributed by atoms with Gasteiger partial charge in [0.2, 0.25) is 0 Å².